The topological polar surface area (TPSA) is 88.4 Å². The Morgan fingerprint density at radius 1 is 1.27 bits per heavy atom. The lowest BCUT2D eigenvalue weighted by molar-refractivity contribution is 0.0945. The number of methoxy groups -OCH3 is 1. The molecule has 0 bridgehead atoms. The highest BCUT2D eigenvalue weighted by molar-refractivity contribution is 5.94. The van der Waals surface area contributed by atoms with Gasteiger partial charge in [-0.3, -0.25) is 4.79 Å². The van der Waals surface area contributed by atoms with Crippen molar-refractivity contribution >= 4 is 5.91 Å². The van der Waals surface area contributed by atoms with Gasteiger partial charge in [0.2, 0.25) is 0 Å². The normalized spacial score (nSPS) is 10.6. The second-order valence-corrected chi connectivity index (χ2v) is 4.64. The first-order valence-electron chi connectivity index (χ1n) is 7.04. The molecule has 1 aromatic carbocycles. The van der Waals surface area contributed by atoms with Crippen LogP contribution in [0.3, 0.4) is 0 Å². The number of nitrogens with zero attached hydrogens (tertiary/aromatic N) is 2. The number of ether oxygens (including phenoxy) is 1. The summed E-state index contributed by atoms with van der Waals surface area (Å²) in [5.41, 5.74) is 0.791. The summed E-state index contributed by atoms with van der Waals surface area (Å²) in [6.07, 6.45) is 1.42. The molecule has 2 rings (SSSR count). The molecule has 0 saturated carbocycles. The van der Waals surface area contributed by atoms with Crippen LogP contribution in [0.5, 0.6) is 5.75 Å². The minimum Gasteiger partial charge on any atom is -0.504 e. The van der Waals surface area contributed by atoms with E-state index in [-0.39, 0.29) is 11.4 Å². The molecule has 0 fully saturated rings. The summed E-state index contributed by atoms with van der Waals surface area (Å²) in [5.74, 6) is -0.547. The molecular formula is C15H20N4O3. The van der Waals surface area contributed by atoms with Crippen LogP contribution in [0.4, 0.5) is 0 Å². The van der Waals surface area contributed by atoms with E-state index in [4.69, 9.17) is 4.74 Å². The van der Waals surface area contributed by atoms with E-state index in [1.165, 1.54) is 10.9 Å². The third kappa shape index (κ3) is 4.31. The van der Waals surface area contributed by atoms with Gasteiger partial charge in [0.25, 0.3) is 5.91 Å². The molecule has 0 atom stereocenters. The second-order valence-electron chi connectivity index (χ2n) is 4.64. The summed E-state index contributed by atoms with van der Waals surface area (Å²) < 4.78 is 6.38. The molecule has 0 aliphatic carbocycles. The van der Waals surface area contributed by atoms with Crippen LogP contribution in [0.1, 0.15) is 10.5 Å². The Hall–Kier alpha value is -2.38. The molecular weight excluding hydrogens is 284 g/mol. The number of aromatic hydroxyl groups is 1. The first kappa shape index (κ1) is 16.0. The Bertz CT molecular complexity index is 598. The lowest BCUT2D eigenvalue weighted by atomic mass is 10.3. The maximum atomic E-state index is 12.0. The summed E-state index contributed by atoms with van der Waals surface area (Å²) in [6.45, 7) is 2.41. The minimum absolute atomic E-state index is 0.0146. The van der Waals surface area contributed by atoms with Crippen LogP contribution in [-0.4, -0.2) is 54.1 Å². The van der Waals surface area contributed by atoms with Crippen molar-refractivity contribution in [2.75, 3.05) is 33.4 Å². The molecule has 0 spiro atoms. The summed E-state index contributed by atoms with van der Waals surface area (Å²) in [4.78, 5) is 12.0. The fourth-order valence-electron chi connectivity index (χ4n) is 1.89. The van der Waals surface area contributed by atoms with Gasteiger partial charge in [0.15, 0.2) is 11.4 Å². The van der Waals surface area contributed by atoms with Gasteiger partial charge in [0, 0.05) is 26.7 Å². The van der Waals surface area contributed by atoms with Gasteiger partial charge in [0.1, 0.15) is 0 Å². The van der Waals surface area contributed by atoms with E-state index in [1.807, 2.05) is 30.3 Å². The lowest BCUT2D eigenvalue weighted by Crippen LogP contribution is -2.33. The van der Waals surface area contributed by atoms with Gasteiger partial charge in [-0.15, -0.1) is 0 Å². The Kier molecular flexibility index (Phi) is 5.93. The molecule has 7 nitrogen and oxygen atoms in total. The van der Waals surface area contributed by atoms with Crippen LogP contribution in [-0.2, 0) is 4.74 Å². The van der Waals surface area contributed by atoms with E-state index >= 15 is 0 Å². The molecule has 0 aliphatic heterocycles. The zero-order valence-corrected chi connectivity index (χ0v) is 12.5. The molecule has 1 aromatic heterocycles. The smallest absolute Gasteiger partial charge is 0.275 e. The highest BCUT2D eigenvalue weighted by atomic mass is 16.5. The van der Waals surface area contributed by atoms with Gasteiger partial charge in [-0.05, 0) is 12.1 Å². The Balaban J connectivity index is 1.89. The summed E-state index contributed by atoms with van der Waals surface area (Å²) >= 11 is 0. The average Bonchev–Trinajstić information content (AvgIpc) is 2.93. The van der Waals surface area contributed by atoms with Crippen molar-refractivity contribution in [2.45, 2.75) is 0 Å². The summed E-state index contributed by atoms with van der Waals surface area (Å²) in [6, 6.07) is 9.29. The Labute approximate surface area is 128 Å². The predicted octanol–water partition coefficient (Wildman–Crippen LogP) is 0.544. The Morgan fingerprint density at radius 3 is 2.77 bits per heavy atom. The molecule has 118 valence electrons. The van der Waals surface area contributed by atoms with Gasteiger partial charge < -0.3 is 20.5 Å². The molecule has 0 aliphatic rings. The number of hydrogen-bond donors (Lipinski definition) is 3. The molecule has 1 amide bonds. The zero-order chi connectivity index (χ0) is 15.8. The maximum absolute atomic E-state index is 12.0. The van der Waals surface area contributed by atoms with Gasteiger partial charge in [-0.2, -0.15) is 5.10 Å². The van der Waals surface area contributed by atoms with Gasteiger partial charge >= 0.3 is 0 Å². The third-order valence-electron chi connectivity index (χ3n) is 3.00. The number of benzene rings is 1. The quantitative estimate of drug-likeness (QED) is 0.620. The number of para-hydroxylation sites is 1. The van der Waals surface area contributed by atoms with Crippen molar-refractivity contribution < 1.29 is 14.6 Å². The first-order valence-corrected chi connectivity index (χ1v) is 7.04. The van der Waals surface area contributed by atoms with Crippen LogP contribution in [0.15, 0.2) is 36.5 Å². The summed E-state index contributed by atoms with van der Waals surface area (Å²) in [5, 5.41) is 19.8. The fraction of sp³-hybridized carbons (Fsp3) is 0.333. The molecule has 22 heavy (non-hydrogen) atoms. The largest absolute Gasteiger partial charge is 0.504 e. The van der Waals surface area contributed by atoms with Gasteiger partial charge in [0.05, 0.1) is 18.5 Å². The van der Waals surface area contributed by atoms with E-state index in [1.54, 1.807) is 7.11 Å². The van der Waals surface area contributed by atoms with E-state index < -0.39 is 5.91 Å². The maximum Gasteiger partial charge on any atom is 0.275 e. The SMILES string of the molecule is COCCNCCNC(=O)c1nn(-c2ccccc2)cc1O. The number of hydrogen-bond acceptors (Lipinski definition) is 5. The molecule has 0 unspecified atom stereocenters. The van der Waals surface area contributed by atoms with Crippen LogP contribution < -0.4 is 10.6 Å². The molecule has 1 heterocycles. The average molecular weight is 304 g/mol. The van der Waals surface area contributed by atoms with Gasteiger partial charge in [-0.25, -0.2) is 4.68 Å². The van der Waals surface area contributed by atoms with Crippen molar-refractivity contribution in [3.05, 3.63) is 42.2 Å². The minimum atomic E-state index is -0.402. The number of carbonyl (C=O) groups is 1. The fourth-order valence-corrected chi connectivity index (χ4v) is 1.89. The standard InChI is InChI=1S/C15H20N4O3/c1-22-10-9-16-7-8-17-15(21)14-13(20)11-19(18-14)12-5-3-2-4-6-12/h2-6,11,16,20H,7-10H2,1H3,(H,17,21). The highest BCUT2D eigenvalue weighted by Gasteiger charge is 2.16. The monoisotopic (exact) mass is 304 g/mol. The van der Waals surface area contributed by atoms with Crippen LogP contribution >= 0.6 is 0 Å². The van der Waals surface area contributed by atoms with Crippen LogP contribution in [0, 0.1) is 0 Å². The highest BCUT2D eigenvalue weighted by Crippen LogP contribution is 2.17. The van der Waals surface area contributed by atoms with Crippen molar-refractivity contribution in [1.82, 2.24) is 20.4 Å². The zero-order valence-electron chi connectivity index (χ0n) is 12.5. The number of nitrogens with one attached hydrogen (secondary N) is 2. The molecule has 0 saturated heterocycles. The van der Waals surface area contributed by atoms with Crippen molar-refractivity contribution in [1.29, 1.82) is 0 Å². The molecule has 2 aromatic rings. The van der Waals surface area contributed by atoms with Crippen molar-refractivity contribution in [2.24, 2.45) is 0 Å². The first-order chi connectivity index (χ1) is 10.7. The van der Waals surface area contributed by atoms with E-state index in [0.29, 0.717) is 19.7 Å². The molecule has 7 heteroatoms. The second kappa shape index (κ2) is 8.16. The molecule has 3 N–H and O–H groups in total. The summed E-state index contributed by atoms with van der Waals surface area (Å²) in [7, 11) is 1.63. The van der Waals surface area contributed by atoms with Crippen molar-refractivity contribution in [3.8, 4) is 11.4 Å². The Morgan fingerprint density at radius 2 is 2.05 bits per heavy atom. The molecule has 0 radical (unpaired) electrons. The number of carbonyl (C=O) groups excluding carboxylic acids is 1. The van der Waals surface area contributed by atoms with Crippen LogP contribution in [0.2, 0.25) is 0 Å². The predicted molar refractivity (Wildman–Crippen MR) is 82.3 cm³/mol. The van der Waals surface area contributed by atoms with E-state index in [9.17, 15) is 9.90 Å². The number of aromatic nitrogens is 2. The van der Waals surface area contributed by atoms with Crippen molar-refractivity contribution in [3.63, 3.8) is 0 Å². The van der Waals surface area contributed by atoms with E-state index in [2.05, 4.69) is 15.7 Å². The third-order valence-corrected chi connectivity index (χ3v) is 3.00. The van der Waals surface area contributed by atoms with Crippen LogP contribution in [0.25, 0.3) is 5.69 Å². The lowest BCUT2D eigenvalue weighted by Gasteiger charge is -2.05. The number of amides is 1. The van der Waals surface area contributed by atoms with Gasteiger partial charge in [-0.1, -0.05) is 18.2 Å². The number of rotatable bonds is 8. The van der Waals surface area contributed by atoms with E-state index in [0.717, 1.165) is 12.2 Å².